The second kappa shape index (κ2) is 3.61. The molecule has 1 saturated heterocycles. The molecule has 1 spiro atoms. The van der Waals surface area contributed by atoms with Crippen LogP contribution in [0.4, 0.5) is 0 Å². The highest BCUT2D eigenvalue weighted by Gasteiger charge is 2.49. The highest BCUT2D eigenvalue weighted by atomic mass is 15.3. The lowest BCUT2D eigenvalue weighted by Gasteiger charge is -2.40. The summed E-state index contributed by atoms with van der Waals surface area (Å²) in [5, 5.41) is 0. The number of nitrogens with zero attached hydrogens (tertiary/aromatic N) is 1. The average molecular weight is 181 g/mol. The van der Waals surface area contributed by atoms with Crippen LogP contribution >= 0.6 is 0 Å². The summed E-state index contributed by atoms with van der Waals surface area (Å²) in [5.41, 5.74) is 0.701. The fourth-order valence-corrected chi connectivity index (χ4v) is 3.06. The molecule has 0 amide bonds. The molecule has 2 aliphatic rings. The van der Waals surface area contributed by atoms with Crippen molar-refractivity contribution in [3.8, 4) is 0 Å². The smallest absolute Gasteiger partial charge is 0.0213 e. The zero-order valence-corrected chi connectivity index (χ0v) is 9.18. The molecule has 0 bridgehead atoms. The van der Waals surface area contributed by atoms with E-state index >= 15 is 0 Å². The molecule has 1 heterocycles. The zero-order chi connectivity index (χ0) is 9.31. The van der Waals surface area contributed by atoms with E-state index in [1.54, 1.807) is 0 Å². The summed E-state index contributed by atoms with van der Waals surface area (Å²) in [7, 11) is 0. The summed E-state index contributed by atoms with van der Waals surface area (Å²) in [6, 6.07) is 0.841. The van der Waals surface area contributed by atoms with Crippen molar-refractivity contribution in [2.75, 3.05) is 6.54 Å². The second-order valence-corrected chi connectivity index (χ2v) is 5.01. The van der Waals surface area contributed by atoms with Gasteiger partial charge in [0.2, 0.25) is 0 Å². The summed E-state index contributed by atoms with van der Waals surface area (Å²) in [4.78, 5) is 2.82. The van der Waals surface area contributed by atoms with Crippen molar-refractivity contribution < 1.29 is 0 Å². The number of hydrogen-bond acceptors (Lipinski definition) is 1. The summed E-state index contributed by atoms with van der Waals surface area (Å²) >= 11 is 0. The Morgan fingerprint density at radius 3 is 2.62 bits per heavy atom. The SMILES string of the molecule is CCCC(C)N1CCCCC12CC2. The maximum Gasteiger partial charge on any atom is 0.0213 e. The van der Waals surface area contributed by atoms with E-state index in [9.17, 15) is 0 Å². The molecule has 1 aliphatic heterocycles. The van der Waals surface area contributed by atoms with Crippen LogP contribution in [-0.2, 0) is 0 Å². The fraction of sp³-hybridized carbons (Fsp3) is 1.00. The topological polar surface area (TPSA) is 3.24 Å². The van der Waals surface area contributed by atoms with Crippen LogP contribution in [0.15, 0.2) is 0 Å². The third-order valence-corrected chi connectivity index (χ3v) is 3.97. The summed E-state index contributed by atoms with van der Waals surface area (Å²) in [6.07, 6.45) is 10.1. The Kier molecular flexibility index (Phi) is 2.64. The van der Waals surface area contributed by atoms with E-state index < -0.39 is 0 Å². The van der Waals surface area contributed by atoms with E-state index in [2.05, 4.69) is 18.7 Å². The van der Waals surface area contributed by atoms with Crippen molar-refractivity contribution in [1.29, 1.82) is 0 Å². The quantitative estimate of drug-likeness (QED) is 0.646. The van der Waals surface area contributed by atoms with Crippen molar-refractivity contribution in [2.24, 2.45) is 0 Å². The highest BCUT2D eigenvalue weighted by Crippen LogP contribution is 2.49. The van der Waals surface area contributed by atoms with Gasteiger partial charge in [0.15, 0.2) is 0 Å². The van der Waals surface area contributed by atoms with Gasteiger partial charge < -0.3 is 0 Å². The number of hydrogen-bond donors (Lipinski definition) is 0. The third kappa shape index (κ3) is 1.76. The van der Waals surface area contributed by atoms with E-state index in [0.717, 1.165) is 6.04 Å². The largest absolute Gasteiger partial charge is 0.295 e. The predicted molar refractivity (Wildman–Crippen MR) is 56.9 cm³/mol. The van der Waals surface area contributed by atoms with Gasteiger partial charge in [0, 0.05) is 11.6 Å². The Morgan fingerprint density at radius 2 is 2.00 bits per heavy atom. The third-order valence-electron chi connectivity index (χ3n) is 3.97. The molecule has 1 unspecified atom stereocenters. The lowest BCUT2D eigenvalue weighted by atomic mass is 9.96. The molecule has 2 rings (SSSR count). The van der Waals surface area contributed by atoms with Gasteiger partial charge in [-0.3, -0.25) is 4.90 Å². The standard InChI is InChI=1S/C12H23N/c1-3-6-11(2)13-10-5-4-7-12(13)8-9-12/h11H,3-10H2,1-2H3. The lowest BCUT2D eigenvalue weighted by molar-refractivity contribution is 0.0809. The van der Waals surface area contributed by atoms with Gasteiger partial charge in [0.25, 0.3) is 0 Å². The first-order valence-electron chi connectivity index (χ1n) is 6.05. The van der Waals surface area contributed by atoms with E-state index in [-0.39, 0.29) is 0 Å². The molecule has 1 atom stereocenters. The van der Waals surface area contributed by atoms with Crippen molar-refractivity contribution in [2.45, 2.75) is 70.4 Å². The van der Waals surface area contributed by atoms with Crippen LogP contribution in [0.2, 0.25) is 0 Å². The summed E-state index contributed by atoms with van der Waals surface area (Å²) in [5.74, 6) is 0. The van der Waals surface area contributed by atoms with Crippen LogP contribution in [0.25, 0.3) is 0 Å². The maximum atomic E-state index is 2.82. The number of piperidine rings is 1. The predicted octanol–water partition coefficient (Wildman–Crippen LogP) is 3.19. The van der Waals surface area contributed by atoms with Gasteiger partial charge in [-0.1, -0.05) is 19.8 Å². The van der Waals surface area contributed by atoms with E-state index in [0.29, 0.717) is 5.54 Å². The van der Waals surface area contributed by atoms with E-state index in [1.807, 2.05) is 0 Å². The Bertz CT molecular complexity index is 172. The first kappa shape index (κ1) is 9.51. The molecule has 0 aromatic carbocycles. The normalized spacial score (nSPS) is 29.1. The Morgan fingerprint density at radius 1 is 1.23 bits per heavy atom. The molecule has 13 heavy (non-hydrogen) atoms. The van der Waals surface area contributed by atoms with Crippen molar-refractivity contribution in [3.63, 3.8) is 0 Å². The molecule has 1 heteroatoms. The van der Waals surface area contributed by atoms with Crippen molar-refractivity contribution in [1.82, 2.24) is 4.90 Å². The summed E-state index contributed by atoms with van der Waals surface area (Å²) in [6.45, 7) is 6.11. The van der Waals surface area contributed by atoms with Gasteiger partial charge in [0.1, 0.15) is 0 Å². The first-order valence-corrected chi connectivity index (χ1v) is 6.05. The van der Waals surface area contributed by atoms with E-state index in [4.69, 9.17) is 0 Å². The zero-order valence-electron chi connectivity index (χ0n) is 9.18. The van der Waals surface area contributed by atoms with Gasteiger partial charge in [0.05, 0.1) is 0 Å². The summed E-state index contributed by atoms with van der Waals surface area (Å²) < 4.78 is 0. The number of rotatable bonds is 3. The van der Waals surface area contributed by atoms with Gasteiger partial charge in [-0.15, -0.1) is 0 Å². The van der Waals surface area contributed by atoms with Crippen LogP contribution in [0.5, 0.6) is 0 Å². The van der Waals surface area contributed by atoms with Crippen LogP contribution in [0, 0.1) is 0 Å². The van der Waals surface area contributed by atoms with Crippen molar-refractivity contribution in [3.05, 3.63) is 0 Å². The van der Waals surface area contributed by atoms with Gasteiger partial charge in [-0.2, -0.15) is 0 Å². The minimum Gasteiger partial charge on any atom is -0.295 e. The molecular formula is C12H23N. The van der Waals surface area contributed by atoms with Crippen LogP contribution in [0.1, 0.15) is 58.8 Å². The van der Waals surface area contributed by atoms with Crippen LogP contribution in [0.3, 0.4) is 0 Å². The molecule has 1 aliphatic carbocycles. The molecular weight excluding hydrogens is 158 g/mol. The molecule has 1 saturated carbocycles. The van der Waals surface area contributed by atoms with Crippen LogP contribution in [-0.4, -0.2) is 23.0 Å². The second-order valence-electron chi connectivity index (χ2n) is 5.01. The van der Waals surface area contributed by atoms with Gasteiger partial charge in [-0.25, -0.2) is 0 Å². The highest BCUT2D eigenvalue weighted by molar-refractivity contribution is 5.06. The van der Waals surface area contributed by atoms with E-state index in [1.165, 1.54) is 51.5 Å². The molecule has 76 valence electrons. The Balaban J connectivity index is 1.95. The lowest BCUT2D eigenvalue weighted by Crippen LogP contribution is -2.46. The first-order chi connectivity index (χ1) is 6.28. The average Bonchev–Trinajstić information content (AvgIpc) is 2.87. The molecule has 1 nitrogen and oxygen atoms in total. The minimum absolute atomic E-state index is 0.701. The van der Waals surface area contributed by atoms with Gasteiger partial charge in [-0.05, 0) is 45.6 Å². The molecule has 0 radical (unpaired) electrons. The van der Waals surface area contributed by atoms with Gasteiger partial charge >= 0.3 is 0 Å². The Labute approximate surface area is 82.5 Å². The molecule has 0 aromatic heterocycles. The monoisotopic (exact) mass is 181 g/mol. The Hall–Kier alpha value is -0.0400. The molecule has 0 N–H and O–H groups in total. The fourth-order valence-electron chi connectivity index (χ4n) is 3.06. The van der Waals surface area contributed by atoms with Crippen LogP contribution < -0.4 is 0 Å². The van der Waals surface area contributed by atoms with Crippen molar-refractivity contribution >= 4 is 0 Å². The minimum atomic E-state index is 0.701. The molecule has 0 aromatic rings. The number of likely N-dealkylation sites (tertiary alicyclic amines) is 1. The maximum absolute atomic E-state index is 2.82. The molecule has 2 fully saturated rings.